The lowest BCUT2D eigenvalue weighted by atomic mass is 9.96. The summed E-state index contributed by atoms with van der Waals surface area (Å²) in [5.74, 6) is -1.79. The van der Waals surface area contributed by atoms with Crippen LogP contribution in [0.25, 0.3) is 0 Å². The first-order chi connectivity index (χ1) is 18.9. The quantitative estimate of drug-likeness (QED) is 0.155. The molecule has 0 aliphatic carbocycles. The van der Waals surface area contributed by atoms with E-state index in [-0.39, 0.29) is 11.3 Å². The number of hydrogen-bond acceptors (Lipinski definition) is 5. The number of aliphatic hydroxyl groups is 1. The average Bonchev–Trinajstić information content (AvgIpc) is 2.95. The van der Waals surface area contributed by atoms with Gasteiger partial charge >= 0.3 is 5.97 Å². The third kappa shape index (κ3) is 9.52. The zero-order chi connectivity index (χ0) is 28.0. The van der Waals surface area contributed by atoms with Gasteiger partial charge in [0.15, 0.2) is 0 Å². The maximum Gasteiger partial charge on any atom is 0.337 e. The van der Waals surface area contributed by atoms with Crippen LogP contribution in [0.1, 0.15) is 76.4 Å². The molecule has 1 amide bonds. The van der Waals surface area contributed by atoms with E-state index in [0.717, 1.165) is 42.9 Å². The molecule has 39 heavy (non-hydrogen) atoms. The van der Waals surface area contributed by atoms with Gasteiger partial charge in [0.1, 0.15) is 11.9 Å². The Hall–Kier alpha value is -3.16. The molecule has 2 unspecified atom stereocenters. The van der Waals surface area contributed by atoms with E-state index < -0.39 is 29.0 Å². The van der Waals surface area contributed by atoms with Gasteiger partial charge in [0.25, 0.3) is 0 Å². The van der Waals surface area contributed by atoms with Gasteiger partial charge in [0, 0.05) is 5.75 Å². The number of methoxy groups -OCH3 is 1. The summed E-state index contributed by atoms with van der Waals surface area (Å²) in [5, 5.41) is 10.0. The largest absolute Gasteiger partial charge is 0.465 e. The number of thioether (sulfide) groups is 1. The van der Waals surface area contributed by atoms with Crippen LogP contribution in [0.5, 0.6) is 0 Å². The Morgan fingerprint density at radius 2 is 1.51 bits per heavy atom. The molecule has 0 radical (unpaired) electrons. The van der Waals surface area contributed by atoms with E-state index in [9.17, 15) is 19.1 Å². The zero-order valence-corrected chi connectivity index (χ0v) is 23.3. The fourth-order valence-corrected chi connectivity index (χ4v) is 5.94. The van der Waals surface area contributed by atoms with E-state index in [1.165, 1.54) is 62.3 Å². The molecule has 0 aliphatic heterocycles. The molecule has 3 aromatic rings. The predicted octanol–water partition coefficient (Wildman–Crippen LogP) is 6.56. The van der Waals surface area contributed by atoms with Crippen molar-refractivity contribution in [1.29, 1.82) is 0 Å². The highest BCUT2D eigenvalue weighted by molar-refractivity contribution is 7.98. The van der Waals surface area contributed by atoms with Crippen LogP contribution >= 0.6 is 11.8 Å². The van der Waals surface area contributed by atoms with E-state index in [1.54, 1.807) is 0 Å². The highest BCUT2D eigenvalue weighted by atomic mass is 32.2. The Kier molecular flexibility index (Phi) is 12.5. The number of carbonyl (C=O) groups is 2. The summed E-state index contributed by atoms with van der Waals surface area (Å²) < 4.78 is 19.3. The van der Waals surface area contributed by atoms with E-state index in [4.69, 9.17) is 5.73 Å². The number of nitrogens with two attached hydrogens (primary N) is 1. The Morgan fingerprint density at radius 3 is 2.18 bits per heavy atom. The minimum Gasteiger partial charge on any atom is -0.465 e. The summed E-state index contributed by atoms with van der Waals surface area (Å²) in [6, 6.07) is 22.5. The number of ether oxygens (including phenoxy) is 1. The maximum atomic E-state index is 14.7. The number of aryl methyl sites for hydroxylation is 2. The highest BCUT2D eigenvalue weighted by Crippen LogP contribution is 2.37. The second-order valence-corrected chi connectivity index (χ2v) is 10.8. The maximum absolute atomic E-state index is 14.7. The van der Waals surface area contributed by atoms with Crippen molar-refractivity contribution in [3.8, 4) is 0 Å². The first-order valence-corrected chi connectivity index (χ1v) is 14.5. The highest BCUT2D eigenvalue weighted by Gasteiger charge is 2.28. The number of hydrogen-bond donors (Lipinski definition) is 2. The van der Waals surface area contributed by atoms with Crippen molar-refractivity contribution >= 4 is 23.6 Å². The SMILES string of the molecule is COC(=O)c1ccc(CSC(c2ccccc2CCCCCCCCc2ccccc2)C(O)C(N)=O)c(F)c1. The standard InChI is InChI=1S/C32H38FNO4S/c1-38-32(37)25-19-20-26(28(33)21-25)22-39-30(29(35)31(34)36)27-18-12-11-17-24(27)16-10-5-3-2-4-7-13-23-14-8-6-9-15-23/h6,8-9,11-12,14-15,17-21,29-30,35H,2-5,7,10,13,16,22H2,1H3,(H2,34,36). The van der Waals surface area contributed by atoms with Crippen LogP contribution in [-0.2, 0) is 28.1 Å². The molecule has 0 saturated carbocycles. The molecule has 0 bridgehead atoms. The van der Waals surface area contributed by atoms with Gasteiger partial charge in [-0.3, -0.25) is 4.79 Å². The number of benzene rings is 3. The number of esters is 1. The number of primary amides is 1. The number of unbranched alkanes of at least 4 members (excludes halogenated alkanes) is 5. The van der Waals surface area contributed by atoms with Crippen LogP contribution < -0.4 is 5.73 Å². The van der Waals surface area contributed by atoms with E-state index in [0.29, 0.717) is 5.56 Å². The first-order valence-electron chi connectivity index (χ1n) is 13.5. The molecule has 3 aromatic carbocycles. The van der Waals surface area contributed by atoms with Gasteiger partial charge in [-0.2, -0.15) is 0 Å². The molecule has 2 atom stereocenters. The summed E-state index contributed by atoms with van der Waals surface area (Å²) in [6.45, 7) is 0. The number of aliphatic hydroxyl groups excluding tert-OH is 1. The Morgan fingerprint density at radius 1 is 0.872 bits per heavy atom. The van der Waals surface area contributed by atoms with Gasteiger partial charge in [0.05, 0.1) is 17.9 Å². The van der Waals surface area contributed by atoms with Crippen LogP contribution in [0.3, 0.4) is 0 Å². The van der Waals surface area contributed by atoms with Gasteiger partial charge in [-0.15, -0.1) is 11.8 Å². The van der Waals surface area contributed by atoms with Crippen LogP contribution in [0.15, 0.2) is 72.8 Å². The molecule has 0 saturated heterocycles. The molecule has 5 nitrogen and oxygen atoms in total. The average molecular weight is 552 g/mol. The van der Waals surface area contributed by atoms with Crippen molar-refractivity contribution in [2.75, 3.05) is 7.11 Å². The monoisotopic (exact) mass is 551 g/mol. The van der Waals surface area contributed by atoms with Crippen LogP contribution in [0, 0.1) is 5.82 Å². The molecule has 208 valence electrons. The van der Waals surface area contributed by atoms with Gasteiger partial charge in [-0.25, -0.2) is 9.18 Å². The van der Waals surface area contributed by atoms with Crippen molar-refractivity contribution in [2.45, 2.75) is 68.5 Å². The second-order valence-electron chi connectivity index (χ2n) is 9.68. The van der Waals surface area contributed by atoms with Gasteiger partial charge in [-0.05, 0) is 60.1 Å². The molecule has 0 spiro atoms. The van der Waals surface area contributed by atoms with Gasteiger partial charge < -0.3 is 15.6 Å². The molecular formula is C32H38FNO4S. The predicted molar refractivity (Wildman–Crippen MR) is 155 cm³/mol. The Labute approximate surface area is 235 Å². The molecule has 0 aliphatic rings. The van der Waals surface area contributed by atoms with E-state index >= 15 is 0 Å². The Balaban J connectivity index is 1.55. The molecular weight excluding hydrogens is 513 g/mol. The zero-order valence-electron chi connectivity index (χ0n) is 22.5. The molecule has 0 fully saturated rings. The molecule has 7 heteroatoms. The van der Waals surface area contributed by atoms with Crippen molar-refractivity contribution < 1.29 is 23.8 Å². The number of amides is 1. The first kappa shape index (κ1) is 30.4. The molecule has 0 aromatic heterocycles. The fraction of sp³-hybridized carbons (Fsp3) is 0.375. The molecule has 0 heterocycles. The van der Waals surface area contributed by atoms with Crippen molar-refractivity contribution in [1.82, 2.24) is 0 Å². The van der Waals surface area contributed by atoms with E-state index in [2.05, 4.69) is 29.0 Å². The topological polar surface area (TPSA) is 89.6 Å². The van der Waals surface area contributed by atoms with Crippen LogP contribution in [0.4, 0.5) is 4.39 Å². The van der Waals surface area contributed by atoms with Gasteiger partial charge in [-0.1, -0.05) is 86.3 Å². The fourth-order valence-electron chi connectivity index (χ4n) is 4.62. The van der Waals surface area contributed by atoms with Crippen molar-refractivity contribution in [2.24, 2.45) is 5.73 Å². The lowest BCUT2D eigenvalue weighted by Gasteiger charge is -2.23. The Bertz CT molecular complexity index is 1200. The summed E-state index contributed by atoms with van der Waals surface area (Å²) in [4.78, 5) is 23.6. The lowest BCUT2D eigenvalue weighted by molar-refractivity contribution is -0.126. The third-order valence-electron chi connectivity index (χ3n) is 6.84. The smallest absolute Gasteiger partial charge is 0.337 e. The summed E-state index contributed by atoms with van der Waals surface area (Å²) in [5.41, 5.74) is 9.25. The minimum absolute atomic E-state index is 0.124. The lowest BCUT2D eigenvalue weighted by Crippen LogP contribution is -2.33. The van der Waals surface area contributed by atoms with Crippen LogP contribution in [-0.4, -0.2) is 30.2 Å². The van der Waals surface area contributed by atoms with Crippen molar-refractivity contribution in [3.05, 3.63) is 106 Å². The van der Waals surface area contributed by atoms with E-state index in [1.807, 2.05) is 30.3 Å². The molecule has 3 N–H and O–H groups in total. The number of carbonyl (C=O) groups excluding carboxylic acids is 2. The molecule has 3 rings (SSSR count). The summed E-state index contributed by atoms with van der Waals surface area (Å²) >= 11 is 1.26. The number of halogens is 1. The summed E-state index contributed by atoms with van der Waals surface area (Å²) in [7, 11) is 1.24. The number of rotatable bonds is 16. The third-order valence-corrected chi connectivity index (χ3v) is 8.19. The second kappa shape index (κ2) is 16.1. The van der Waals surface area contributed by atoms with Gasteiger partial charge in [0.2, 0.25) is 5.91 Å². The minimum atomic E-state index is -1.42. The normalized spacial score (nSPS) is 12.6. The summed E-state index contributed by atoms with van der Waals surface area (Å²) in [6.07, 6.45) is 7.41. The van der Waals surface area contributed by atoms with Crippen molar-refractivity contribution in [3.63, 3.8) is 0 Å². The van der Waals surface area contributed by atoms with Crippen LogP contribution in [0.2, 0.25) is 0 Å².